The predicted molar refractivity (Wildman–Crippen MR) is 267 cm³/mol. The first kappa shape index (κ1) is 41.2. The van der Waals surface area contributed by atoms with E-state index >= 15 is 0 Å². The van der Waals surface area contributed by atoms with Crippen LogP contribution in [0.3, 0.4) is 0 Å². The summed E-state index contributed by atoms with van der Waals surface area (Å²) in [4.78, 5) is 0. The van der Waals surface area contributed by atoms with Crippen LogP contribution in [0.1, 0.15) is 52.7 Å². The summed E-state index contributed by atoms with van der Waals surface area (Å²) < 4.78 is 5.76. The molecule has 0 aliphatic heterocycles. The molecule has 10 rings (SSSR count). The van der Waals surface area contributed by atoms with Gasteiger partial charge < -0.3 is 20.2 Å². The Kier molecular flexibility index (Phi) is 11.6. The minimum absolute atomic E-state index is 0.162. The molecule has 8 aromatic carbocycles. The number of hydrogen-bond donors (Lipinski definition) is 2. The Morgan fingerprint density at radius 3 is 1.18 bits per heavy atom. The maximum atomic E-state index is 5.57. The normalized spacial score (nSPS) is 11.6. The minimum Gasteiger partial charge on any atom is -0.399 e. The first-order valence-corrected chi connectivity index (χ1v) is 21.7. The molecule has 0 fully saturated rings. The zero-order valence-corrected chi connectivity index (χ0v) is 37.4. The number of nitrogens with two attached hydrogens (primary N) is 1. The standard InChI is InChI=1S/C28H26N2.C18H12BrN.C10H15N/c1-28(2,3)20-15-17-21(18-16-20)29-22-9-8-10-23(19-22)30-26-13-6-4-11-24(26)25-12-5-7-14-27(25)30;19-13-6-5-7-14(12-13)20-17-10-3-1-8-15(17)16-9-2-4-11-18(16)20;1-10(2,3)8-4-6-9(11)7-5-8/h4-19,29H,1-3H3;1-12H;4-7H,11H2,1-3H3. The first-order valence-electron chi connectivity index (χ1n) is 20.9. The number of hydrogen-bond acceptors (Lipinski definition) is 2. The van der Waals surface area contributed by atoms with Gasteiger partial charge in [-0.05, 0) is 107 Å². The van der Waals surface area contributed by atoms with Crippen molar-refractivity contribution in [3.8, 4) is 11.4 Å². The number of nitrogens with zero attached hydrogens (tertiary/aromatic N) is 2. The highest BCUT2D eigenvalue weighted by Crippen LogP contribution is 2.34. The molecule has 0 aliphatic rings. The molecule has 0 spiro atoms. The molecule has 0 radical (unpaired) electrons. The van der Waals surface area contributed by atoms with Gasteiger partial charge in [0.25, 0.3) is 0 Å². The SMILES string of the molecule is Brc1cccc(-n2c3ccccc3c3ccccc32)c1.CC(C)(C)c1ccc(N)cc1.CC(C)(C)c1ccc(Nc2cccc(-n3c4ccccc4c4ccccc43)c2)cc1. The molecular formula is C56H53BrN4. The predicted octanol–water partition coefficient (Wildman–Crippen LogP) is 15.9. The van der Waals surface area contributed by atoms with Crippen LogP contribution in [0.2, 0.25) is 0 Å². The molecule has 2 heterocycles. The Bertz CT molecular complexity index is 2980. The van der Waals surface area contributed by atoms with Gasteiger partial charge in [0.2, 0.25) is 0 Å². The summed E-state index contributed by atoms with van der Waals surface area (Å²) in [6.45, 7) is 13.3. The molecule has 0 aliphatic carbocycles. The van der Waals surface area contributed by atoms with Gasteiger partial charge in [-0.3, -0.25) is 0 Å². The lowest BCUT2D eigenvalue weighted by Gasteiger charge is -2.19. The molecule has 304 valence electrons. The van der Waals surface area contributed by atoms with Crippen LogP contribution in [-0.2, 0) is 10.8 Å². The van der Waals surface area contributed by atoms with Gasteiger partial charge in [0.05, 0.1) is 22.1 Å². The fraction of sp³-hybridized carbons (Fsp3) is 0.143. The Morgan fingerprint density at radius 2 is 0.770 bits per heavy atom. The molecule has 4 nitrogen and oxygen atoms in total. The summed E-state index contributed by atoms with van der Waals surface area (Å²) in [7, 11) is 0. The van der Waals surface area contributed by atoms with Gasteiger partial charge in [0.15, 0.2) is 0 Å². The van der Waals surface area contributed by atoms with Crippen LogP contribution >= 0.6 is 15.9 Å². The maximum absolute atomic E-state index is 5.57. The van der Waals surface area contributed by atoms with E-state index in [0.29, 0.717) is 0 Å². The number of para-hydroxylation sites is 4. The average Bonchev–Trinajstić information content (AvgIpc) is 3.77. The van der Waals surface area contributed by atoms with E-state index in [4.69, 9.17) is 5.73 Å². The average molecular weight is 862 g/mol. The van der Waals surface area contributed by atoms with Crippen molar-refractivity contribution in [2.24, 2.45) is 0 Å². The highest BCUT2D eigenvalue weighted by molar-refractivity contribution is 9.10. The molecule has 0 saturated carbocycles. The van der Waals surface area contributed by atoms with Crippen LogP contribution in [0.15, 0.2) is 199 Å². The number of rotatable bonds is 4. The number of nitrogens with one attached hydrogen (secondary N) is 1. The summed E-state index contributed by atoms with van der Waals surface area (Å²) in [6.07, 6.45) is 0. The van der Waals surface area contributed by atoms with E-state index in [2.05, 4.69) is 254 Å². The molecule has 0 saturated heterocycles. The van der Waals surface area contributed by atoms with Gasteiger partial charge in [0, 0.05) is 54.5 Å². The highest BCUT2D eigenvalue weighted by Gasteiger charge is 2.15. The van der Waals surface area contributed by atoms with Gasteiger partial charge in [0.1, 0.15) is 0 Å². The highest BCUT2D eigenvalue weighted by atomic mass is 79.9. The fourth-order valence-electron chi connectivity index (χ4n) is 7.94. The lowest BCUT2D eigenvalue weighted by Crippen LogP contribution is -2.10. The Hall–Kier alpha value is -6.56. The van der Waals surface area contributed by atoms with Gasteiger partial charge >= 0.3 is 0 Å². The minimum atomic E-state index is 0.162. The first-order chi connectivity index (χ1) is 29.3. The molecule has 5 heteroatoms. The van der Waals surface area contributed by atoms with Crippen molar-refractivity contribution in [1.29, 1.82) is 0 Å². The Morgan fingerprint density at radius 1 is 0.393 bits per heavy atom. The fourth-order valence-corrected chi connectivity index (χ4v) is 8.33. The third-order valence-electron chi connectivity index (χ3n) is 11.1. The zero-order valence-electron chi connectivity index (χ0n) is 35.8. The summed E-state index contributed by atoms with van der Waals surface area (Å²) in [5.41, 5.74) is 18.9. The van der Waals surface area contributed by atoms with Crippen molar-refractivity contribution in [2.75, 3.05) is 11.1 Å². The molecule has 0 unspecified atom stereocenters. The molecule has 2 aromatic heterocycles. The molecule has 10 aromatic rings. The van der Waals surface area contributed by atoms with Gasteiger partial charge in [-0.15, -0.1) is 0 Å². The van der Waals surface area contributed by atoms with E-state index in [0.717, 1.165) is 27.2 Å². The van der Waals surface area contributed by atoms with Gasteiger partial charge in [-0.2, -0.15) is 0 Å². The zero-order chi connectivity index (χ0) is 42.7. The van der Waals surface area contributed by atoms with Crippen LogP contribution in [0.5, 0.6) is 0 Å². The summed E-state index contributed by atoms with van der Waals surface area (Å²) >= 11 is 3.56. The summed E-state index contributed by atoms with van der Waals surface area (Å²) in [5, 5.41) is 8.72. The van der Waals surface area contributed by atoms with E-state index in [1.165, 1.54) is 60.4 Å². The number of anilines is 3. The summed E-state index contributed by atoms with van der Waals surface area (Å²) in [5.74, 6) is 0. The van der Waals surface area contributed by atoms with Crippen molar-refractivity contribution in [3.63, 3.8) is 0 Å². The van der Waals surface area contributed by atoms with Gasteiger partial charge in [-0.1, -0.05) is 167 Å². The van der Waals surface area contributed by atoms with E-state index < -0.39 is 0 Å². The van der Waals surface area contributed by atoms with Crippen molar-refractivity contribution in [3.05, 3.63) is 210 Å². The Balaban J connectivity index is 0.000000142. The largest absolute Gasteiger partial charge is 0.399 e. The molecular weight excluding hydrogens is 809 g/mol. The lowest BCUT2D eigenvalue weighted by atomic mass is 9.87. The second-order valence-corrected chi connectivity index (χ2v) is 18.5. The third kappa shape index (κ3) is 8.99. The van der Waals surface area contributed by atoms with Crippen LogP contribution in [0.4, 0.5) is 17.1 Å². The van der Waals surface area contributed by atoms with E-state index in [9.17, 15) is 0 Å². The molecule has 61 heavy (non-hydrogen) atoms. The molecule has 0 atom stereocenters. The maximum Gasteiger partial charge on any atom is 0.0541 e. The quantitative estimate of drug-likeness (QED) is 0.173. The monoisotopic (exact) mass is 860 g/mol. The van der Waals surface area contributed by atoms with Crippen molar-refractivity contribution in [1.82, 2.24) is 9.13 Å². The molecule has 3 N–H and O–H groups in total. The van der Waals surface area contributed by atoms with Crippen molar-refractivity contribution < 1.29 is 0 Å². The smallest absolute Gasteiger partial charge is 0.0541 e. The summed E-state index contributed by atoms with van der Waals surface area (Å²) in [6, 6.07) is 68.2. The van der Waals surface area contributed by atoms with Gasteiger partial charge in [-0.25, -0.2) is 0 Å². The molecule has 0 amide bonds. The van der Waals surface area contributed by atoms with E-state index in [1.807, 2.05) is 12.1 Å². The van der Waals surface area contributed by atoms with Crippen molar-refractivity contribution in [2.45, 2.75) is 52.4 Å². The Labute approximate surface area is 368 Å². The molecule has 0 bridgehead atoms. The third-order valence-corrected chi connectivity index (χ3v) is 11.6. The number of benzene rings is 8. The second kappa shape index (κ2) is 17.2. The lowest BCUT2D eigenvalue weighted by molar-refractivity contribution is 0.590. The number of nitrogen functional groups attached to an aromatic ring is 1. The van der Waals surface area contributed by atoms with E-state index in [-0.39, 0.29) is 10.8 Å². The second-order valence-electron chi connectivity index (χ2n) is 17.6. The van der Waals surface area contributed by atoms with Crippen LogP contribution in [0.25, 0.3) is 55.0 Å². The number of halogens is 1. The number of aromatic nitrogens is 2. The topological polar surface area (TPSA) is 47.9 Å². The van der Waals surface area contributed by atoms with Crippen LogP contribution < -0.4 is 11.1 Å². The van der Waals surface area contributed by atoms with Crippen molar-refractivity contribution >= 4 is 76.6 Å². The van der Waals surface area contributed by atoms with E-state index in [1.54, 1.807) is 0 Å². The van der Waals surface area contributed by atoms with Crippen LogP contribution in [-0.4, -0.2) is 9.13 Å². The number of fused-ring (bicyclic) bond motifs is 6. The van der Waals surface area contributed by atoms with Crippen LogP contribution in [0, 0.1) is 0 Å².